The van der Waals surface area contributed by atoms with Crippen molar-refractivity contribution < 1.29 is 4.79 Å². The summed E-state index contributed by atoms with van der Waals surface area (Å²) < 4.78 is 0. The van der Waals surface area contributed by atoms with Crippen molar-refractivity contribution in [1.82, 2.24) is 9.88 Å². The molecule has 5 heteroatoms. The topological polar surface area (TPSA) is 48.5 Å². The van der Waals surface area contributed by atoms with Crippen LogP contribution >= 0.6 is 0 Å². The molecular formula is C13H20N4O. The van der Waals surface area contributed by atoms with Gasteiger partial charge in [0.25, 0.3) is 0 Å². The molecular weight excluding hydrogens is 228 g/mol. The summed E-state index contributed by atoms with van der Waals surface area (Å²) in [6.07, 6.45) is 0.982. The lowest BCUT2D eigenvalue weighted by molar-refractivity contribution is -0.127. The number of rotatable bonds is 3. The number of aromatic nitrogens is 1. The zero-order chi connectivity index (χ0) is 13.0. The summed E-state index contributed by atoms with van der Waals surface area (Å²) >= 11 is 0. The fourth-order valence-electron chi connectivity index (χ4n) is 2.06. The van der Waals surface area contributed by atoms with E-state index in [0.717, 1.165) is 37.7 Å². The summed E-state index contributed by atoms with van der Waals surface area (Å²) in [5.41, 5.74) is 0. The first kappa shape index (κ1) is 12.7. The van der Waals surface area contributed by atoms with Gasteiger partial charge in [0.2, 0.25) is 5.91 Å². The number of nitrogens with zero attached hydrogens (tertiary/aromatic N) is 3. The van der Waals surface area contributed by atoms with Gasteiger partial charge in [-0.2, -0.15) is 0 Å². The summed E-state index contributed by atoms with van der Waals surface area (Å²) in [6, 6.07) is 5.87. The molecule has 1 fully saturated rings. The number of carbonyl (C=O) groups is 1. The molecule has 1 saturated heterocycles. The first-order valence-electron chi connectivity index (χ1n) is 6.40. The number of amides is 1. The molecule has 0 unspecified atom stereocenters. The summed E-state index contributed by atoms with van der Waals surface area (Å²) in [6.45, 7) is 5.00. The van der Waals surface area contributed by atoms with Gasteiger partial charge in [-0.1, -0.05) is 6.07 Å². The third-order valence-corrected chi connectivity index (χ3v) is 3.09. The molecule has 0 spiro atoms. The van der Waals surface area contributed by atoms with Gasteiger partial charge in [0.1, 0.15) is 11.6 Å². The van der Waals surface area contributed by atoms with Crippen LogP contribution in [0.25, 0.3) is 0 Å². The zero-order valence-electron chi connectivity index (χ0n) is 11.0. The van der Waals surface area contributed by atoms with Gasteiger partial charge in [0.05, 0.1) is 6.54 Å². The van der Waals surface area contributed by atoms with Crippen LogP contribution in [0.3, 0.4) is 0 Å². The molecule has 5 nitrogen and oxygen atoms in total. The molecule has 0 radical (unpaired) electrons. The normalized spacial score (nSPS) is 16.7. The van der Waals surface area contributed by atoms with Crippen LogP contribution in [0.2, 0.25) is 0 Å². The van der Waals surface area contributed by atoms with E-state index in [2.05, 4.69) is 10.3 Å². The molecule has 1 aliphatic heterocycles. The van der Waals surface area contributed by atoms with Gasteiger partial charge in [0.15, 0.2) is 0 Å². The monoisotopic (exact) mass is 248 g/mol. The van der Waals surface area contributed by atoms with Crippen LogP contribution in [0.4, 0.5) is 11.6 Å². The summed E-state index contributed by atoms with van der Waals surface area (Å²) in [5, 5.41) is 3.19. The lowest BCUT2D eigenvalue weighted by Crippen LogP contribution is -2.34. The highest BCUT2D eigenvalue weighted by Gasteiger charge is 2.19. The van der Waals surface area contributed by atoms with Gasteiger partial charge in [-0.05, 0) is 25.5 Å². The molecule has 1 N–H and O–H groups in total. The fraction of sp³-hybridized carbons (Fsp3) is 0.538. The predicted molar refractivity (Wildman–Crippen MR) is 72.9 cm³/mol. The van der Waals surface area contributed by atoms with Gasteiger partial charge in [0, 0.05) is 26.7 Å². The van der Waals surface area contributed by atoms with E-state index in [1.165, 1.54) is 0 Å². The Morgan fingerprint density at radius 2 is 2.22 bits per heavy atom. The highest BCUT2D eigenvalue weighted by molar-refractivity contribution is 5.81. The van der Waals surface area contributed by atoms with Crippen LogP contribution in [0.15, 0.2) is 18.2 Å². The Hall–Kier alpha value is -1.78. The van der Waals surface area contributed by atoms with Crippen molar-refractivity contribution in [2.75, 3.05) is 43.4 Å². The average molecular weight is 248 g/mol. The predicted octanol–water partition coefficient (Wildman–Crippen LogP) is 1.18. The summed E-state index contributed by atoms with van der Waals surface area (Å²) in [4.78, 5) is 20.2. The second-order valence-electron chi connectivity index (χ2n) is 4.50. The SMILES string of the molecule is CCNc1cccc(N2CCCN(C)C(=O)C2)n1. The lowest BCUT2D eigenvalue weighted by atomic mass is 10.3. The molecule has 1 aromatic heterocycles. The average Bonchev–Trinajstić information content (AvgIpc) is 2.53. The number of carbonyl (C=O) groups excluding carboxylic acids is 1. The van der Waals surface area contributed by atoms with Crippen LogP contribution in [-0.2, 0) is 4.79 Å². The number of hydrogen-bond donors (Lipinski definition) is 1. The molecule has 1 amide bonds. The maximum absolute atomic E-state index is 11.8. The number of hydrogen-bond acceptors (Lipinski definition) is 4. The zero-order valence-corrected chi connectivity index (χ0v) is 11.0. The van der Waals surface area contributed by atoms with Crippen LogP contribution < -0.4 is 10.2 Å². The van der Waals surface area contributed by atoms with Gasteiger partial charge in [-0.15, -0.1) is 0 Å². The molecule has 0 atom stereocenters. The Bertz CT molecular complexity index is 421. The van der Waals surface area contributed by atoms with Crippen molar-refractivity contribution >= 4 is 17.5 Å². The molecule has 0 saturated carbocycles. The van der Waals surface area contributed by atoms with Crippen molar-refractivity contribution in [2.45, 2.75) is 13.3 Å². The molecule has 1 aliphatic rings. The van der Waals surface area contributed by atoms with E-state index in [4.69, 9.17) is 0 Å². The molecule has 2 heterocycles. The van der Waals surface area contributed by atoms with Crippen LogP contribution in [-0.4, -0.2) is 49.0 Å². The van der Waals surface area contributed by atoms with Gasteiger partial charge in [-0.25, -0.2) is 4.98 Å². The minimum absolute atomic E-state index is 0.156. The maximum atomic E-state index is 11.8. The first-order valence-corrected chi connectivity index (χ1v) is 6.40. The molecule has 2 rings (SSSR count). The van der Waals surface area contributed by atoms with Crippen LogP contribution in [0.1, 0.15) is 13.3 Å². The number of anilines is 2. The van der Waals surface area contributed by atoms with Crippen molar-refractivity contribution in [1.29, 1.82) is 0 Å². The first-order chi connectivity index (χ1) is 8.70. The lowest BCUT2D eigenvalue weighted by Gasteiger charge is -2.21. The quantitative estimate of drug-likeness (QED) is 0.872. The number of likely N-dealkylation sites (N-methyl/N-ethyl adjacent to an activating group) is 1. The minimum Gasteiger partial charge on any atom is -0.370 e. The van der Waals surface area contributed by atoms with Crippen molar-refractivity contribution in [2.24, 2.45) is 0 Å². The molecule has 0 aromatic carbocycles. The van der Waals surface area contributed by atoms with E-state index in [1.54, 1.807) is 4.90 Å². The molecule has 1 aromatic rings. The van der Waals surface area contributed by atoms with Crippen molar-refractivity contribution in [3.8, 4) is 0 Å². The van der Waals surface area contributed by atoms with Gasteiger partial charge >= 0.3 is 0 Å². The Labute approximate surface area is 108 Å². The van der Waals surface area contributed by atoms with Gasteiger partial charge < -0.3 is 15.1 Å². The second kappa shape index (κ2) is 5.71. The highest BCUT2D eigenvalue weighted by atomic mass is 16.2. The highest BCUT2D eigenvalue weighted by Crippen LogP contribution is 2.16. The third kappa shape index (κ3) is 2.91. The van der Waals surface area contributed by atoms with E-state index in [1.807, 2.05) is 37.1 Å². The fourth-order valence-corrected chi connectivity index (χ4v) is 2.06. The summed E-state index contributed by atoms with van der Waals surface area (Å²) in [7, 11) is 1.86. The van der Waals surface area contributed by atoms with Crippen molar-refractivity contribution in [3.05, 3.63) is 18.2 Å². The Kier molecular flexibility index (Phi) is 4.02. The summed E-state index contributed by atoms with van der Waals surface area (Å²) in [5.74, 6) is 1.89. The minimum atomic E-state index is 0.156. The van der Waals surface area contributed by atoms with E-state index in [-0.39, 0.29) is 5.91 Å². The van der Waals surface area contributed by atoms with E-state index in [9.17, 15) is 4.79 Å². The number of pyridine rings is 1. The third-order valence-electron chi connectivity index (χ3n) is 3.09. The van der Waals surface area contributed by atoms with Gasteiger partial charge in [-0.3, -0.25) is 4.79 Å². The molecule has 18 heavy (non-hydrogen) atoms. The maximum Gasteiger partial charge on any atom is 0.241 e. The Morgan fingerprint density at radius 3 is 3.00 bits per heavy atom. The Morgan fingerprint density at radius 1 is 1.39 bits per heavy atom. The van der Waals surface area contributed by atoms with E-state index < -0.39 is 0 Å². The standard InChI is InChI=1S/C13H20N4O/c1-3-14-11-6-4-7-12(15-11)17-9-5-8-16(2)13(18)10-17/h4,6-7H,3,5,8-10H2,1-2H3,(H,14,15). The molecule has 0 aliphatic carbocycles. The second-order valence-corrected chi connectivity index (χ2v) is 4.50. The van der Waals surface area contributed by atoms with E-state index >= 15 is 0 Å². The molecule has 98 valence electrons. The van der Waals surface area contributed by atoms with Crippen LogP contribution in [0, 0.1) is 0 Å². The number of nitrogens with one attached hydrogen (secondary N) is 1. The Balaban J connectivity index is 2.14. The molecule has 0 bridgehead atoms. The largest absolute Gasteiger partial charge is 0.370 e. The smallest absolute Gasteiger partial charge is 0.241 e. The van der Waals surface area contributed by atoms with E-state index in [0.29, 0.717) is 6.54 Å². The van der Waals surface area contributed by atoms with Crippen molar-refractivity contribution in [3.63, 3.8) is 0 Å². The van der Waals surface area contributed by atoms with Crippen LogP contribution in [0.5, 0.6) is 0 Å².